The molecular weight excluding hydrogens is 407 g/mol. The summed E-state index contributed by atoms with van der Waals surface area (Å²) in [6.45, 7) is 0.401. The van der Waals surface area contributed by atoms with Gasteiger partial charge in [0.25, 0.3) is 11.6 Å². The van der Waals surface area contributed by atoms with Crippen molar-refractivity contribution in [3.8, 4) is 5.75 Å². The Morgan fingerprint density at radius 3 is 2.84 bits per heavy atom. The van der Waals surface area contributed by atoms with E-state index in [1.165, 1.54) is 37.4 Å². The first-order valence-corrected chi connectivity index (χ1v) is 9.57. The largest absolute Gasteiger partial charge is 0.494 e. The van der Waals surface area contributed by atoms with Crippen LogP contribution in [0.2, 0.25) is 0 Å². The number of ether oxygens (including phenoxy) is 1. The molecule has 1 aromatic heterocycles. The summed E-state index contributed by atoms with van der Waals surface area (Å²) in [5.74, 6) is -1.14. The first kappa shape index (κ1) is 20.5. The highest BCUT2D eigenvalue weighted by molar-refractivity contribution is 6.23. The van der Waals surface area contributed by atoms with Gasteiger partial charge in [0.15, 0.2) is 0 Å². The van der Waals surface area contributed by atoms with Gasteiger partial charge in [0.2, 0.25) is 5.91 Å². The zero-order valence-electron chi connectivity index (χ0n) is 16.6. The number of fused-ring (bicyclic) bond motifs is 1. The lowest BCUT2D eigenvalue weighted by Gasteiger charge is -2.18. The number of aromatic nitrogens is 1. The smallest absolute Gasteiger partial charge is 0.273 e. The van der Waals surface area contributed by atoms with E-state index in [4.69, 9.17) is 4.74 Å². The average Bonchev–Trinajstić information content (AvgIpc) is 3.27. The number of carbonyl (C=O) groups excluding carboxylic acids is 2. The van der Waals surface area contributed by atoms with E-state index in [0.29, 0.717) is 13.0 Å². The monoisotopic (exact) mass is 426 g/mol. The predicted octanol–water partition coefficient (Wildman–Crippen LogP) is 2.69. The van der Waals surface area contributed by atoms with E-state index < -0.39 is 22.8 Å². The molecule has 2 heterocycles. The maximum atomic E-state index is 13.5. The Labute approximate surface area is 175 Å². The Bertz CT molecular complexity index is 1190. The summed E-state index contributed by atoms with van der Waals surface area (Å²) >= 11 is 0. The molecule has 31 heavy (non-hydrogen) atoms. The fourth-order valence-electron chi connectivity index (χ4n) is 3.75. The van der Waals surface area contributed by atoms with E-state index in [-0.39, 0.29) is 29.4 Å². The molecule has 160 valence electrons. The van der Waals surface area contributed by atoms with E-state index >= 15 is 0 Å². The van der Waals surface area contributed by atoms with Crippen LogP contribution in [0.25, 0.3) is 10.9 Å². The standard InChI is InChI=1S/C21H19FN4O5/c1-31-19-9-14(26(29)30)3-5-18(19)25-20(27)10-17(21(25)28)23-7-6-12-11-24-16-4-2-13(22)8-15(12)16/h2-5,8-9,11,17,23-24H,6-7,10H2,1H3. The lowest BCUT2D eigenvalue weighted by molar-refractivity contribution is -0.384. The molecule has 0 spiro atoms. The van der Waals surface area contributed by atoms with E-state index in [2.05, 4.69) is 10.3 Å². The minimum Gasteiger partial charge on any atom is -0.494 e. The summed E-state index contributed by atoms with van der Waals surface area (Å²) in [5.41, 5.74) is 1.68. The first-order valence-electron chi connectivity index (χ1n) is 9.57. The van der Waals surface area contributed by atoms with Crippen LogP contribution in [-0.4, -0.2) is 41.4 Å². The van der Waals surface area contributed by atoms with Gasteiger partial charge in [0.05, 0.1) is 36.2 Å². The van der Waals surface area contributed by atoms with Crippen molar-refractivity contribution in [2.45, 2.75) is 18.9 Å². The summed E-state index contributed by atoms with van der Waals surface area (Å²) < 4.78 is 18.7. The molecule has 2 aromatic carbocycles. The molecule has 1 unspecified atom stereocenters. The summed E-state index contributed by atoms with van der Waals surface area (Å²) in [5, 5.41) is 14.8. The number of H-pyrrole nitrogens is 1. The number of anilines is 1. The van der Waals surface area contributed by atoms with Crippen LogP contribution in [0.1, 0.15) is 12.0 Å². The fourth-order valence-corrected chi connectivity index (χ4v) is 3.75. The number of benzene rings is 2. The van der Waals surface area contributed by atoms with Gasteiger partial charge >= 0.3 is 0 Å². The maximum absolute atomic E-state index is 13.5. The quantitative estimate of drug-likeness (QED) is 0.341. The number of hydrogen-bond donors (Lipinski definition) is 2. The van der Waals surface area contributed by atoms with Gasteiger partial charge in [-0.3, -0.25) is 19.7 Å². The van der Waals surface area contributed by atoms with E-state index in [9.17, 15) is 24.1 Å². The number of aromatic amines is 1. The molecule has 2 N–H and O–H groups in total. The van der Waals surface area contributed by atoms with Crippen LogP contribution in [0.4, 0.5) is 15.8 Å². The van der Waals surface area contributed by atoms with Gasteiger partial charge in [0.1, 0.15) is 11.6 Å². The molecule has 9 nitrogen and oxygen atoms in total. The molecule has 1 aliphatic rings. The second kappa shape index (κ2) is 8.15. The SMILES string of the molecule is COc1cc([N+](=O)[O-])ccc1N1C(=O)CC(NCCc2c[nH]c3ccc(F)cc23)C1=O. The Balaban J connectivity index is 1.46. The fraction of sp³-hybridized carbons (Fsp3) is 0.238. The second-order valence-electron chi connectivity index (χ2n) is 7.15. The number of nitrogens with one attached hydrogen (secondary N) is 2. The summed E-state index contributed by atoms with van der Waals surface area (Å²) in [6, 6.07) is 7.49. The number of methoxy groups -OCH3 is 1. The van der Waals surface area contributed by atoms with Crippen LogP contribution in [0, 0.1) is 15.9 Å². The third-order valence-corrected chi connectivity index (χ3v) is 5.28. The van der Waals surface area contributed by atoms with E-state index in [1.54, 1.807) is 12.3 Å². The van der Waals surface area contributed by atoms with Crippen LogP contribution >= 0.6 is 0 Å². The molecule has 0 saturated carbocycles. The van der Waals surface area contributed by atoms with Crippen molar-refractivity contribution in [2.24, 2.45) is 0 Å². The van der Waals surface area contributed by atoms with Gasteiger partial charge in [-0.05, 0) is 36.2 Å². The van der Waals surface area contributed by atoms with Gasteiger partial charge < -0.3 is 15.0 Å². The molecule has 10 heteroatoms. The number of nitrogens with zero attached hydrogens (tertiary/aromatic N) is 2. The lowest BCUT2D eigenvalue weighted by Crippen LogP contribution is -2.39. The summed E-state index contributed by atoms with van der Waals surface area (Å²) in [4.78, 5) is 39.8. The van der Waals surface area contributed by atoms with Crippen LogP contribution < -0.4 is 15.0 Å². The Morgan fingerprint density at radius 2 is 2.10 bits per heavy atom. The zero-order valence-corrected chi connectivity index (χ0v) is 16.6. The topological polar surface area (TPSA) is 118 Å². The van der Waals surface area contributed by atoms with Crippen LogP contribution in [0.5, 0.6) is 5.75 Å². The lowest BCUT2D eigenvalue weighted by atomic mass is 10.1. The summed E-state index contributed by atoms with van der Waals surface area (Å²) in [7, 11) is 1.31. The minimum atomic E-state index is -0.727. The Morgan fingerprint density at radius 1 is 1.29 bits per heavy atom. The van der Waals surface area contributed by atoms with Gasteiger partial charge in [0, 0.05) is 29.7 Å². The number of carbonyl (C=O) groups is 2. The van der Waals surface area contributed by atoms with Crippen molar-refractivity contribution in [1.29, 1.82) is 0 Å². The number of rotatable bonds is 7. The number of imide groups is 1. The molecule has 1 fully saturated rings. The second-order valence-corrected chi connectivity index (χ2v) is 7.15. The minimum absolute atomic E-state index is 0.0402. The van der Waals surface area contributed by atoms with Gasteiger partial charge in [-0.15, -0.1) is 0 Å². The normalized spacial score (nSPS) is 16.3. The van der Waals surface area contributed by atoms with Crippen molar-refractivity contribution in [3.63, 3.8) is 0 Å². The molecule has 1 atom stereocenters. The number of halogens is 1. The van der Waals surface area contributed by atoms with Gasteiger partial charge in [-0.25, -0.2) is 9.29 Å². The molecule has 0 radical (unpaired) electrons. The number of nitro benzene ring substituents is 1. The predicted molar refractivity (Wildman–Crippen MR) is 111 cm³/mol. The van der Waals surface area contributed by atoms with Crippen molar-refractivity contribution in [1.82, 2.24) is 10.3 Å². The maximum Gasteiger partial charge on any atom is 0.273 e. The highest BCUT2D eigenvalue weighted by atomic mass is 19.1. The van der Waals surface area contributed by atoms with Crippen molar-refractivity contribution >= 4 is 34.1 Å². The number of non-ortho nitro benzene ring substituents is 1. The first-order chi connectivity index (χ1) is 14.9. The highest BCUT2D eigenvalue weighted by Gasteiger charge is 2.40. The number of nitro groups is 1. The van der Waals surface area contributed by atoms with Crippen molar-refractivity contribution < 1.29 is 23.6 Å². The zero-order chi connectivity index (χ0) is 22.1. The van der Waals surface area contributed by atoms with Gasteiger partial charge in [-0.2, -0.15) is 0 Å². The molecule has 4 rings (SSSR count). The van der Waals surface area contributed by atoms with Crippen LogP contribution in [0.15, 0.2) is 42.6 Å². The third kappa shape index (κ3) is 3.84. The van der Waals surface area contributed by atoms with Crippen LogP contribution in [0.3, 0.4) is 0 Å². The molecule has 1 saturated heterocycles. The van der Waals surface area contributed by atoms with Crippen molar-refractivity contribution in [2.75, 3.05) is 18.6 Å². The average molecular weight is 426 g/mol. The van der Waals surface area contributed by atoms with Crippen molar-refractivity contribution in [3.05, 3.63) is 64.1 Å². The molecule has 3 aromatic rings. The summed E-state index contributed by atoms with van der Waals surface area (Å²) in [6.07, 6.45) is 2.28. The molecule has 2 amide bonds. The van der Waals surface area contributed by atoms with E-state index in [0.717, 1.165) is 21.4 Å². The molecule has 0 aliphatic carbocycles. The van der Waals surface area contributed by atoms with E-state index in [1.807, 2.05) is 0 Å². The Hall–Kier alpha value is -3.79. The highest BCUT2D eigenvalue weighted by Crippen LogP contribution is 2.35. The molecular formula is C21H19FN4O5. The van der Waals surface area contributed by atoms with Gasteiger partial charge in [-0.1, -0.05) is 0 Å². The number of amides is 2. The molecule has 1 aliphatic heterocycles. The van der Waals surface area contributed by atoms with Crippen LogP contribution in [-0.2, 0) is 16.0 Å². The number of hydrogen-bond acceptors (Lipinski definition) is 6. The Kier molecular flexibility index (Phi) is 5.38. The third-order valence-electron chi connectivity index (χ3n) is 5.28. The molecule has 0 bridgehead atoms.